The Morgan fingerprint density at radius 1 is 1.24 bits per heavy atom. The highest BCUT2D eigenvalue weighted by atomic mass is 19.1. The first kappa shape index (κ1) is 16.3. The molecule has 2 N–H and O–H groups in total. The zero-order chi connectivity index (χ0) is 15.6. The molecule has 1 aliphatic heterocycles. The van der Waals surface area contributed by atoms with E-state index in [2.05, 4.69) is 25.7 Å². The number of anilines is 1. The predicted molar refractivity (Wildman–Crippen MR) is 88.0 cm³/mol. The molecule has 21 heavy (non-hydrogen) atoms. The highest BCUT2D eigenvalue weighted by molar-refractivity contribution is 5.55. The molecule has 1 fully saturated rings. The van der Waals surface area contributed by atoms with Gasteiger partial charge in [0.05, 0.1) is 0 Å². The van der Waals surface area contributed by atoms with Gasteiger partial charge in [-0.25, -0.2) is 4.39 Å². The van der Waals surface area contributed by atoms with Crippen LogP contribution in [0, 0.1) is 17.2 Å². The lowest BCUT2D eigenvalue weighted by Gasteiger charge is -2.30. The third kappa shape index (κ3) is 3.97. The van der Waals surface area contributed by atoms with Crippen molar-refractivity contribution in [2.24, 2.45) is 17.1 Å². The molecule has 0 bridgehead atoms. The summed E-state index contributed by atoms with van der Waals surface area (Å²) in [5, 5.41) is 0. The Kier molecular flexibility index (Phi) is 4.92. The average Bonchev–Trinajstić information content (AvgIpc) is 2.63. The fraction of sp³-hybridized carbons (Fsp3) is 0.667. The molecule has 0 spiro atoms. The minimum absolute atomic E-state index is 0.141. The first-order valence-electron chi connectivity index (χ1n) is 8.09. The van der Waals surface area contributed by atoms with Gasteiger partial charge in [0.2, 0.25) is 0 Å². The van der Waals surface area contributed by atoms with E-state index < -0.39 is 0 Å². The number of hydrogen-bond donors (Lipinski definition) is 1. The number of nitrogens with two attached hydrogens (primary N) is 1. The van der Waals surface area contributed by atoms with Gasteiger partial charge in [0, 0.05) is 24.8 Å². The van der Waals surface area contributed by atoms with Crippen LogP contribution in [0.1, 0.15) is 58.6 Å². The third-order valence-electron chi connectivity index (χ3n) is 4.77. The van der Waals surface area contributed by atoms with Crippen LogP contribution < -0.4 is 10.6 Å². The monoisotopic (exact) mass is 292 g/mol. The molecule has 0 radical (unpaired) electrons. The van der Waals surface area contributed by atoms with E-state index in [0.717, 1.165) is 30.3 Å². The van der Waals surface area contributed by atoms with E-state index in [4.69, 9.17) is 5.73 Å². The summed E-state index contributed by atoms with van der Waals surface area (Å²) in [4.78, 5) is 2.39. The molecular weight excluding hydrogens is 263 g/mol. The van der Waals surface area contributed by atoms with Crippen LogP contribution in [0.2, 0.25) is 0 Å². The molecule has 118 valence electrons. The molecular formula is C18H29FN2. The number of hydrogen-bond acceptors (Lipinski definition) is 2. The van der Waals surface area contributed by atoms with Crippen molar-refractivity contribution in [2.75, 3.05) is 18.0 Å². The summed E-state index contributed by atoms with van der Waals surface area (Å²) in [5.74, 6) is 0.551. The Hall–Kier alpha value is -1.09. The normalized spacial score (nSPS) is 22.0. The Bertz CT molecular complexity index is 477. The minimum atomic E-state index is -0.201. The number of nitrogens with zero attached hydrogens (tertiary/aromatic N) is 1. The Morgan fingerprint density at radius 3 is 2.57 bits per heavy atom. The SMILES string of the molecule is CC(N)c1cc(F)ccc1N1CCCC(C(C)(C)C)CC1. The van der Waals surface area contributed by atoms with Gasteiger partial charge in [-0.15, -0.1) is 0 Å². The van der Waals surface area contributed by atoms with Crippen LogP contribution in [-0.2, 0) is 0 Å². The lowest BCUT2D eigenvalue weighted by atomic mass is 9.77. The standard InChI is InChI=1S/C18H29FN2/c1-13(20)16-12-15(19)7-8-17(16)21-10-5-6-14(9-11-21)18(2,3)4/h7-8,12-14H,5-6,9-11,20H2,1-4H3. The largest absolute Gasteiger partial charge is 0.371 e. The van der Waals surface area contributed by atoms with Crippen LogP contribution >= 0.6 is 0 Å². The van der Waals surface area contributed by atoms with E-state index in [-0.39, 0.29) is 11.9 Å². The molecule has 1 aromatic rings. The summed E-state index contributed by atoms with van der Waals surface area (Å²) in [6, 6.07) is 4.89. The van der Waals surface area contributed by atoms with Crippen molar-refractivity contribution in [1.82, 2.24) is 0 Å². The maximum absolute atomic E-state index is 13.5. The zero-order valence-corrected chi connectivity index (χ0v) is 13.8. The summed E-state index contributed by atoms with van der Waals surface area (Å²) in [5.41, 5.74) is 8.43. The van der Waals surface area contributed by atoms with Crippen molar-refractivity contribution in [2.45, 2.75) is 53.0 Å². The maximum atomic E-state index is 13.5. The van der Waals surface area contributed by atoms with E-state index in [1.165, 1.54) is 19.3 Å². The molecule has 0 amide bonds. The van der Waals surface area contributed by atoms with Crippen LogP contribution in [0.4, 0.5) is 10.1 Å². The van der Waals surface area contributed by atoms with Gasteiger partial charge in [-0.05, 0) is 61.3 Å². The van der Waals surface area contributed by atoms with Gasteiger partial charge in [-0.3, -0.25) is 0 Å². The van der Waals surface area contributed by atoms with Crippen LogP contribution in [0.15, 0.2) is 18.2 Å². The first-order chi connectivity index (χ1) is 9.79. The molecule has 2 rings (SSSR count). The summed E-state index contributed by atoms with van der Waals surface area (Å²) in [6.07, 6.45) is 3.66. The lowest BCUT2D eigenvalue weighted by molar-refractivity contribution is 0.220. The maximum Gasteiger partial charge on any atom is 0.123 e. The second-order valence-electron chi connectivity index (χ2n) is 7.47. The number of rotatable bonds is 2. The molecule has 1 aromatic carbocycles. The molecule has 0 aliphatic carbocycles. The average molecular weight is 292 g/mol. The van der Waals surface area contributed by atoms with Crippen molar-refractivity contribution < 1.29 is 4.39 Å². The van der Waals surface area contributed by atoms with E-state index in [9.17, 15) is 4.39 Å². The fourth-order valence-corrected chi connectivity index (χ4v) is 3.38. The van der Waals surface area contributed by atoms with Crippen LogP contribution in [0.25, 0.3) is 0 Å². The Labute approximate surface area is 128 Å². The van der Waals surface area contributed by atoms with Crippen LogP contribution in [0.5, 0.6) is 0 Å². The van der Waals surface area contributed by atoms with Crippen LogP contribution in [0.3, 0.4) is 0 Å². The summed E-state index contributed by atoms with van der Waals surface area (Å²) >= 11 is 0. The second-order valence-corrected chi connectivity index (χ2v) is 7.47. The van der Waals surface area contributed by atoms with Crippen LogP contribution in [-0.4, -0.2) is 13.1 Å². The van der Waals surface area contributed by atoms with E-state index in [0.29, 0.717) is 5.41 Å². The zero-order valence-electron chi connectivity index (χ0n) is 13.8. The van der Waals surface area contributed by atoms with Crippen molar-refractivity contribution >= 4 is 5.69 Å². The van der Waals surface area contributed by atoms with Gasteiger partial charge in [0.25, 0.3) is 0 Å². The Balaban J connectivity index is 2.20. The van der Waals surface area contributed by atoms with Gasteiger partial charge in [0.15, 0.2) is 0 Å². The molecule has 1 aliphatic rings. The topological polar surface area (TPSA) is 29.3 Å². The fourth-order valence-electron chi connectivity index (χ4n) is 3.38. The third-order valence-corrected chi connectivity index (χ3v) is 4.77. The highest BCUT2D eigenvalue weighted by Gasteiger charge is 2.27. The Morgan fingerprint density at radius 2 is 1.95 bits per heavy atom. The van der Waals surface area contributed by atoms with Crippen molar-refractivity contribution in [3.8, 4) is 0 Å². The highest BCUT2D eigenvalue weighted by Crippen LogP contribution is 2.36. The molecule has 3 heteroatoms. The summed E-state index contributed by atoms with van der Waals surface area (Å²) in [7, 11) is 0. The lowest BCUT2D eigenvalue weighted by Crippen LogP contribution is -2.27. The second kappa shape index (κ2) is 6.35. The smallest absolute Gasteiger partial charge is 0.123 e. The molecule has 0 aromatic heterocycles. The molecule has 0 saturated carbocycles. The van der Waals surface area contributed by atoms with Gasteiger partial charge in [-0.1, -0.05) is 20.8 Å². The van der Waals surface area contributed by atoms with Crippen molar-refractivity contribution in [3.05, 3.63) is 29.6 Å². The van der Waals surface area contributed by atoms with Gasteiger partial charge < -0.3 is 10.6 Å². The minimum Gasteiger partial charge on any atom is -0.371 e. The summed E-state index contributed by atoms with van der Waals surface area (Å²) in [6.45, 7) is 11.0. The van der Waals surface area contributed by atoms with Gasteiger partial charge in [-0.2, -0.15) is 0 Å². The molecule has 2 nitrogen and oxygen atoms in total. The van der Waals surface area contributed by atoms with Gasteiger partial charge in [0.1, 0.15) is 5.82 Å². The molecule has 2 unspecified atom stereocenters. The number of benzene rings is 1. The van der Waals surface area contributed by atoms with Crippen molar-refractivity contribution in [3.63, 3.8) is 0 Å². The van der Waals surface area contributed by atoms with Gasteiger partial charge >= 0.3 is 0 Å². The van der Waals surface area contributed by atoms with Crippen molar-refractivity contribution in [1.29, 1.82) is 0 Å². The molecule has 2 atom stereocenters. The van der Waals surface area contributed by atoms with E-state index in [1.54, 1.807) is 12.1 Å². The summed E-state index contributed by atoms with van der Waals surface area (Å²) < 4.78 is 13.5. The number of halogens is 1. The molecule has 1 heterocycles. The molecule has 1 saturated heterocycles. The quantitative estimate of drug-likeness (QED) is 0.869. The predicted octanol–water partition coefficient (Wildman–Crippen LogP) is 4.50. The first-order valence-corrected chi connectivity index (χ1v) is 8.09. The van der Waals surface area contributed by atoms with E-state index >= 15 is 0 Å². The van der Waals surface area contributed by atoms with E-state index in [1.807, 2.05) is 13.0 Å².